The predicted octanol–water partition coefficient (Wildman–Crippen LogP) is 2.72. The number of quaternary nitrogens is 1. The van der Waals surface area contributed by atoms with E-state index in [1.54, 1.807) is 0 Å². The van der Waals surface area contributed by atoms with E-state index in [2.05, 4.69) is 48.8 Å². The summed E-state index contributed by atoms with van der Waals surface area (Å²) in [5.41, 5.74) is 0.0111. The number of rotatable bonds is 3. The van der Waals surface area contributed by atoms with Crippen molar-refractivity contribution in [2.45, 2.75) is 40.5 Å². The number of likely N-dealkylation sites (N-methyl/N-ethyl adjacent to an activating group) is 1. The lowest BCUT2D eigenvalue weighted by Gasteiger charge is -2.40. The molecule has 0 aromatic carbocycles. The molecule has 0 radical (unpaired) electrons. The molecule has 1 rings (SSSR count). The molecule has 0 heterocycles. The molecule has 94 valence electrons. The van der Waals surface area contributed by atoms with Crippen molar-refractivity contribution in [3.63, 3.8) is 0 Å². The molecule has 0 bridgehead atoms. The Labute approximate surface area is 101 Å². The molecule has 0 unspecified atom stereocenters. The van der Waals surface area contributed by atoms with Gasteiger partial charge in [0.2, 0.25) is 0 Å². The molecule has 0 aromatic rings. The van der Waals surface area contributed by atoms with Gasteiger partial charge in [-0.25, -0.2) is 0 Å². The van der Waals surface area contributed by atoms with E-state index in [0.717, 1.165) is 10.9 Å². The summed E-state index contributed by atoms with van der Waals surface area (Å²) in [5, 5.41) is 0. The molecular formula is C14H28NO+. The summed E-state index contributed by atoms with van der Waals surface area (Å²) in [6.45, 7) is 9.63. The van der Waals surface area contributed by atoms with Crippen LogP contribution in [0.2, 0.25) is 0 Å². The molecule has 16 heavy (non-hydrogen) atoms. The van der Waals surface area contributed by atoms with Gasteiger partial charge in [0.25, 0.3) is 0 Å². The highest BCUT2D eigenvalue weighted by molar-refractivity contribution is 5.86. The first-order valence-corrected chi connectivity index (χ1v) is 6.34. The normalized spacial score (nSPS) is 34.1. The maximum absolute atomic E-state index is 12.5. The lowest BCUT2D eigenvalue weighted by molar-refractivity contribution is -0.862. The number of carbonyl (C=O) groups is 1. The van der Waals surface area contributed by atoms with Crippen molar-refractivity contribution in [3.05, 3.63) is 0 Å². The van der Waals surface area contributed by atoms with Gasteiger partial charge < -0.3 is 4.48 Å². The van der Waals surface area contributed by atoms with Crippen molar-refractivity contribution in [3.8, 4) is 0 Å². The number of hydrogen-bond acceptors (Lipinski definition) is 1. The van der Waals surface area contributed by atoms with Crippen LogP contribution in [0.25, 0.3) is 0 Å². The molecular weight excluding hydrogens is 198 g/mol. The van der Waals surface area contributed by atoms with Gasteiger partial charge in [-0.3, -0.25) is 4.79 Å². The van der Waals surface area contributed by atoms with E-state index in [1.165, 1.54) is 6.42 Å². The Hall–Kier alpha value is -0.370. The number of nitrogens with zero attached hydrogens (tertiary/aromatic N) is 1. The maximum atomic E-state index is 12.5. The molecule has 0 aromatic heterocycles. The minimum absolute atomic E-state index is 0.127. The molecule has 0 spiro atoms. The van der Waals surface area contributed by atoms with Crippen LogP contribution < -0.4 is 0 Å². The van der Waals surface area contributed by atoms with Crippen LogP contribution in [0.15, 0.2) is 0 Å². The van der Waals surface area contributed by atoms with E-state index >= 15 is 0 Å². The zero-order valence-corrected chi connectivity index (χ0v) is 12.1. The van der Waals surface area contributed by atoms with Gasteiger partial charge in [0.15, 0.2) is 5.78 Å². The second kappa shape index (κ2) is 3.83. The molecule has 0 saturated heterocycles. The summed E-state index contributed by atoms with van der Waals surface area (Å²) in [4.78, 5) is 12.5. The van der Waals surface area contributed by atoms with Gasteiger partial charge in [0.05, 0.1) is 21.1 Å². The summed E-state index contributed by atoms with van der Waals surface area (Å²) in [5.74, 6) is 1.09. The number of ketones is 1. The summed E-state index contributed by atoms with van der Waals surface area (Å²) in [6, 6.07) is 0. The van der Waals surface area contributed by atoms with Gasteiger partial charge in [-0.2, -0.15) is 0 Å². The fraction of sp³-hybridized carbons (Fsp3) is 0.929. The third-order valence-corrected chi connectivity index (χ3v) is 4.96. The second-order valence-corrected chi connectivity index (χ2v) is 7.37. The van der Waals surface area contributed by atoms with Crippen LogP contribution in [0.5, 0.6) is 0 Å². The van der Waals surface area contributed by atoms with E-state index < -0.39 is 0 Å². The van der Waals surface area contributed by atoms with E-state index in [0.29, 0.717) is 18.2 Å². The smallest absolute Gasteiger partial charge is 0.193 e. The second-order valence-electron chi connectivity index (χ2n) is 7.37. The van der Waals surface area contributed by atoms with Crippen molar-refractivity contribution in [2.75, 3.05) is 27.7 Å². The van der Waals surface area contributed by atoms with Crippen molar-refractivity contribution in [1.29, 1.82) is 0 Å². The van der Waals surface area contributed by atoms with Gasteiger partial charge in [0, 0.05) is 5.41 Å². The Kier molecular flexibility index (Phi) is 3.28. The summed E-state index contributed by atoms with van der Waals surface area (Å²) in [7, 11) is 6.27. The highest BCUT2D eigenvalue weighted by atomic mass is 16.1. The average molecular weight is 226 g/mol. The quantitative estimate of drug-likeness (QED) is 0.676. The Morgan fingerprint density at radius 1 is 1.25 bits per heavy atom. The minimum atomic E-state index is -0.127. The van der Waals surface area contributed by atoms with E-state index in [9.17, 15) is 4.79 Å². The Morgan fingerprint density at radius 3 is 2.06 bits per heavy atom. The van der Waals surface area contributed by atoms with Gasteiger partial charge in [-0.1, -0.05) is 27.7 Å². The Balaban J connectivity index is 2.91. The molecule has 1 aliphatic rings. The van der Waals surface area contributed by atoms with Crippen LogP contribution in [-0.4, -0.2) is 38.0 Å². The van der Waals surface area contributed by atoms with Gasteiger partial charge in [-0.15, -0.1) is 0 Å². The van der Waals surface area contributed by atoms with Crippen LogP contribution in [0, 0.1) is 16.7 Å². The first kappa shape index (κ1) is 13.7. The van der Waals surface area contributed by atoms with Crippen molar-refractivity contribution in [2.24, 2.45) is 16.7 Å². The third-order valence-electron chi connectivity index (χ3n) is 4.96. The fourth-order valence-electron chi connectivity index (χ4n) is 2.84. The summed E-state index contributed by atoms with van der Waals surface area (Å²) >= 11 is 0. The van der Waals surface area contributed by atoms with Gasteiger partial charge >= 0.3 is 0 Å². The van der Waals surface area contributed by atoms with Crippen molar-refractivity contribution in [1.82, 2.24) is 0 Å². The Morgan fingerprint density at radius 2 is 1.75 bits per heavy atom. The van der Waals surface area contributed by atoms with Crippen LogP contribution in [-0.2, 0) is 4.79 Å². The van der Waals surface area contributed by atoms with Crippen LogP contribution in [0.3, 0.4) is 0 Å². The van der Waals surface area contributed by atoms with Crippen LogP contribution in [0.4, 0.5) is 0 Å². The highest BCUT2D eigenvalue weighted by Gasteiger charge is 2.54. The molecule has 0 aliphatic heterocycles. The number of carbonyl (C=O) groups excluding carboxylic acids is 1. The van der Waals surface area contributed by atoms with E-state index in [4.69, 9.17) is 0 Å². The lowest BCUT2D eigenvalue weighted by Crippen LogP contribution is -2.49. The molecule has 2 heteroatoms. The molecule has 1 aliphatic carbocycles. The molecule has 2 nitrogen and oxygen atoms in total. The SMILES string of the molecule is C[C@@H]1CC[C@](C)(C(=O)C[N+](C)(C)C)C1(C)C. The molecule has 0 amide bonds. The largest absolute Gasteiger partial charge is 0.325 e. The first-order valence-electron chi connectivity index (χ1n) is 6.34. The predicted molar refractivity (Wildman–Crippen MR) is 68.2 cm³/mol. The highest BCUT2D eigenvalue weighted by Crippen LogP contribution is 2.56. The van der Waals surface area contributed by atoms with Crippen LogP contribution >= 0.6 is 0 Å². The molecule has 0 N–H and O–H groups in total. The summed E-state index contributed by atoms with van der Waals surface area (Å²) < 4.78 is 0.735. The zero-order valence-electron chi connectivity index (χ0n) is 12.1. The first-order chi connectivity index (χ1) is 7.01. The molecule has 1 fully saturated rings. The number of hydrogen-bond donors (Lipinski definition) is 0. The topological polar surface area (TPSA) is 17.1 Å². The maximum Gasteiger partial charge on any atom is 0.193 e. The van der Waals surface area contributed by atoms with Gasteiger partial charge in [0.1, 0.15) is 6.54 Å². The monoisotopic (exact) mass is 226 g/mol. The summed E-state index contributed by atoms with van der Waals surface area (Å²) in [6.07, 6.45) is 2.24. The standard InChI is InChI=1S/C14H28NO/c1-11-8-9-14(4,13(11,2)3)12(16)10-15(5,6)7/h11H,8-10H2,1-7H3/q+1/t11-,14-/m1/s1. The lowest BCUT2D eigenvalue weighted by atomic mass is 9.64. The van der Waals surface area contributed by atoms with E-state index in [1.807, 2.05) is 0 Å². The molecule has 2 atom stereocenters. The fourth-order valence-corrected chi connectivity index (χ4v) is 2.84. The van der Waals surface area contributed by atoms with Gasteiger partial charge in [-0.05, 0) is 24.2 Å². The minimum Gasteiger partial charge on any atom is -0.325 e. The zero-order chi connectivity index (χ0) is 12.8. The van der Waals surface area contributed by atoms with E-state index in [-0.39, 0.29) is 10.8 Å². The number of Topliss-reactive ketones (excluding diaryl/α,β-unsaturated/α-hetero) is 1. The third kappa shape index (κ3) is 2.17. The Bertz CT molecular complexity index is 288. The average Bonchev–Trinajstić information content (AvgIpc) is 2.27. The van der Waals surface area contributed by atoms with Crippen LogP contribution in [0.1, 0.15) is 40.5 Å². The van der Waals surface area contributed by atoms with Crippen molar-refractivity contribution < 1.29 is 9.28 Å². The molecule has 1 saturated carbocycles. The van der Waals surface area contributed by atoms with Crippen molar-refractivity contribution >= 4 is 5.78 Å².